The van der Waals surface area contributed by atoms with Gasteiger partial charge in [-0.15, -0.1) is 0 Å². The van der Waals surface area contributed by atoms with Gasteiger partial charge in [0.15, 0.2) is 3.77 Å². The molecular weight excluding hydrogens is 325 g/mol. The number of hydrogen-bond donors (Lipinski definition) is 1. The van der Waals surface area contributed by atoms with Crippen LogP contribution < -0.4 is 5.32 Å². The Balaban J connectivity index is 1.97. The molecule has 1 atom stereocenters. The first kappa shape index (κ1) is 12.6. The summed E-state index contributed by atoms with van der Waals surface area (Å²) < 4.78 is 6.48. The van der Waals surface area contributed by atoms with E-state index < -0.39 is 0 Å². The quantitative estimate of drug-likeness (QED) is 0.828. The summed E-state index contributed by atoms with van der Waals surface area (Å²) in [6, 6.07) is 14.9. The fourth-order valence-electron chi connectivity index (χ4n) is 1.85. The van der Waals surface area contributed by atoms with Gasteiger partial charge in [0.25, 0.3) is 0 Å². The molecular formula is C14H16INO. The lowest BCUT2D eigenvalue weighted by atomic mass is 10.0. The average Bonchev–Trinajstić information content (AvgIpc) is 2.77. The molecule has 0 saturated carbocycles. The molecule has 3 heteroatoms. The molecule has 1 N–H and O–H groups in total. The number of hydrogen-bond acceptors (Lipinski definition) is 2. The third-order valence-corrected chi connectivity index (χ3v) is 3.34. The van der Waals surface area contributed by atoms with Gasteiger partial charge in [-0.3, -0.25) is 0 Å². The Morgan fingerprint density at radius 3 is 2.53 bits per heavy atom. The molecule has 1 aromatic heterocycles. The molecule has 0 fully saturated rings. The maximum atomic E-state index is 5.54. The zero-order valence-electron chi connectivity index (χ0n) is 9.82. The van der Waals surface area contributed by atoms with Crippen molar-refractivity contribution >= 4 is 22.6 Å². The Kier molecular flexibility index (Phi) is 4.62. The van der Waals surface area contributed by atoms with E-state index in [0.717, 1.165) is 22.5 Å². The van der Waals surface area contributed by atoms with Crippen LogP contribution in [0.5, 0.6) is 0 Å². The minimum absolute atomic E-state index is 0.388. The Morgan fingerprint density at radius 2 is 1.94 bits per heavy atom. The molecule has 17 heavy (non-hydrogen) atoms. The lowest BCUT2D eigenvalue weighted by molar-refractivity contribution is 0.431. The van der Waals surface area contributed by atoms with Gasteiger partial charge in [0.1, 0.15) is 5.76 Å². The highest BCUT2D eigenvalue weighted by molar-refractivity contribution is 14.1. The molecule has 2 aromatic rings. The SMILES string of the molecule is CCC(NCc1ccc(I)o1)c1ccccc1. The van der Waals surface area contributed by atoms with Crippen molar-refractivity contribution in [3.8, 4) is 0 Å². The third kappa shape index (κ3) is 3.57. The fraction of sp³-hybridized carbons (Fsp3) is 0.286. The van der Waals surface area contributed by atoms with E-state index >= 15 is 0 Å². The maximum Gasteiger partial charge on any atom is 0.164 e. The number of furan rings is 1. The van der Waals surface area contributed by atoms with Crippen LogP contribution in [-0.2, 0) is 6.54 Å². The zero-order chi connectivity index (χ0) is 12.1. The normalized spacial score (nSPS) is 12.6. The van der Waals surface area contributed by atoms with Crippen LogP contribution in [0, 0.1) is 3.77 Å². The molecule has 0 spiro atoms. The van der Waals surface area contributed by atoms with E-state index in [0.29, 0.717) is 6.04 Å². The van der Waals surface area contributed by atoms with Crippen molar-refractivity contribution in [2.45, 2.75) is 25.9 Å². The van der Waals surface area contributed by atoms with Crippen LogP contribution in [0.4, 0.5) is 0 Å². The Hall–Kier alpha value is -0.810. The van der Waals surface area contributed by atoms with Gasteiger partial charge < -0.3 is 9.73 Å². The molecule has 1 unspecified atom stereocenters. The largest absolute Gasteiger partial charge is 0.454 e. The van der Waals surface area contributed by atoms with Gasteiger partial charge in [-0.1, -0.05) is 37.3 Å². The molecule has 2 nitrogen and oxygen atoms in total. The number of halogens is 1. The van der Waals surface area contributed by atoms with Crippen molar-refractivity contribution in [1.82, 2.24) is 5.32 Å². The highest BCUT2D eigenvalue weighted by Gasteiger charge is 2.08. The van der Waals surface area contributed by atoms with Gasteiger partial charge >= 0.3 is 0 Å². The Labute approximate surface area is 116 Å². The van der Waals surface area contributed by atoms with Gasteiger partial charge in [0, 0.05) is 6.04 Å². The lowest BCUT2D eigenvalue weighted by Gasteiger charge is -2.16. The minimum atomic E-state index is 0.388. The van der Waals surface area contributed by atoms with E-state index in [-0.39, 0.29) is 0 Å². The third-order valence-electron chi connectivity index (χ3n) is 2.76. The van der Waals surface area contributed by atoms with E-state index in [1.807, 2.05) is 18.2 Å². The predicted octanol–water partition coefficient (Wildman–Crippen LogP) is 4.13. The minimum Gasteiger partial charge on any atom is -0.454 e. The van der Waals surface area contributed by atoms with Crippen LogP contribution >= 0.6 is 22.6 Å². The first-order valence-corrected chi connectivity index (χ1v) is 6.90. The average molecular weight is 341 g/mol. The molecule has 90 valence electrons. The number of nitrogens with one attached hydrogen (secondary N) is 1. The smallest absolute Gasteiger partial charge is 0.164 e. The molecule has 0 bridgehead atoms. The van der Waals surface area contributed by atoms with E-state index in [9.17, 15) is 0 Å². The van der Waals surface area contributed by atoms with Crippen molar-refractivity contribution < 1.29 is 4.42 Å². The van der Waals surface area contributed by atoms with Gasteiger partial charge in [0.2, 0.25) is 0 Å². The van der Waals surface area contributed by atoms with Crippen LogP contribution in [0.25, 0.3) is 0 Å². The van der Waals surface area contributed by atoms with E-state index in [2.05, 4.69) is 59.1 Å². The number of benzene rings is 1. The van der Waals surface area contributed by atoms with Crippen molar-refractivity contribution in [1.29, 1.82) is 0 Å². The first-order valence-electron chi connectivity index (χ1n) is 5.82. The fourth-order valence-corrected chi connectivity index (χ4v) is 2.32. The summed E-state index contributed by atoms with van der Waals surface area (Å²) in [4.78, 5) is 0. The highest BCUT2D eigenvalue weighted by atomic mass is 127. The zero-order valence-corrected chi connectivity index (χ0v) is 12.0. The van der Waals surface area contributed by atoms with Crippen molar-refractivity contribution in [2.75, 3.05) is 0 Å². The number of rotatable bonds is 5. The molecule has 0 radical (unpaired) electrons. The summed E-state index contributed by atoms with van der Waals surface area (Å²) in [5.41, 5.74) is 1.33. The second-order valence-electron chi connectivity index (χ2n) is 3.96. The van der Waals surface area contributed by atoms with Crippen LogP contribution in [-0.4, -0.2) is 0 Å². The van der Waals surface area contributed by atoms with Crippen LogP contribution in [0.15, 0.2) is 46.9 Å². The predicted molar refractivity (Wildman–Crippen MR) is 77.7 cm³/mol. The summed E-state index contributed by atoms with van der Waals surface area (Å²) in [6.45, 7) is 2.97. The maximum absolute atomic E-state index is 5.54. The standard InChI is InChI=1S/C14H16INO/c1-2-13(11-6-4-3-5-7-11)16-10-12-8-9-14(15)17-12/h3-9,13,16H,2,10H2,1H3. The molecule has 0 aliphatic rings. The second-order valence-corrected chi connectivity index (χ2v) is 5.02. The molecule has 0 saturated heterocycles. The molecule has 1 aromatic carbocycles. The molecule has 1 heterocycles. The monoisotopic (exact) mass is 341 g/mol. The van der Waals surface area contributed by atoms with Gasteiger partial charge in [-0.2, -0.15) is 0 Å². The van der Waals surface area contributed by atoms with Gasteiger partial charge in [-0.05, 0) is 46.7 Å². The Bertz CT molecular complexity index is 452. The van der Waals surface area contributed by atoms with E-state index in [4.69, 9.17) is 4.42 Å². The summed E-state index contributed by atoms with van der Waals surface area (Å²) in [5, 5.41) is 3.52. The van der Waals surface area contributed by atoms with E-state index in [1.165, 1.54) is 5.56 Å². The van der Waals surface area contributed by atoms with E-state index in [1.54, 1.807) is 0 Å². The summed E-state index contributed by atoms with van der Waals surface area (Å²) in [6.07, 6.45) is 1.07. The van der Waals surface area contributed by atoms with Crippen molar-refractivity contribution in [2.24, 2.45) is 0 Å². The molecule has 0 aliphatic carbocycles. The first-order chi connectivity index (χ1) is 8.29. The summed E-state index contributed by atoms with van der Waals surface area (Å²) in [5.74, 6) is 0.990. The second kappa shape index (κ2) is 6.21. The van der Waals surface area contributed by atoms with Gasteiger partial charge in [0.05, 0.1) is 6.54 Å². The van der Waals surface area contributed by atoms with Crippen molar-refractivity contribution in [3.05, 3.63) is 57.6 Å². The van der Waals surface area contributed by atoms with Crippen LogP contribution in [0.2, 0.25) is 0 Å². The molecule has 0 amide bonds. The van der Waals surface area contributed by atoms with Gasteiger partial charge in [-0.25, -0.2) is 0 Å². The topological polar surface area (TPSA) is 25.2 Å². The van der Waals surface area contributed by atoms with Crippen LogP contribution in [0.3, 0.4) is 0 Å². The Morgan fingerprint density at radius 1 is 1.18 bits per heavy atom. The lowest BCUT2D eigenvalue weighted by Crippen LogP contribution is -2.19. The van der Waals surface area contributed by atoms with Crippen molar-refractivity contribution in [3.63, 3.8) is 0 Å². The summed E-state index contributed by atoms with van der Waals surface area (Å²) >= 11 is 2.18. The molecule has 2 rings (SSSR count). The highest BCUT2D eigenvalue weighted by Crippen LogP contribution is 2.17. The summed E-state index contributed by atoms with van der Waals surface area (Å²) in [7, 11) is 0. The van der Waals surface area contributed by atoms with Crippen LogP contribution in [0.1, 0.15) is 30.7 Å². The molecule has 0 aliphatic heterocycles.